The quantitative estimate of drug-likeness (QED) is 0.707. The van der Waals surface area contributed by atoms with Gasteiger partial charge in [-0.25, -0.2) is 0 Å². The lowest BCUT2D eigenvalue weighted by molar-refractivity contribution is 0.0759. The molecule has 1 atom stereocenters. The number of nitrogens with one attached hydrogen (secondary N) is 1. The van der Waals surface area contributed by atoms with Gasteiger partial charge in [0.15, 0.2) is 17.6 Å². The van der Waals surface area contributed by atoms with Crippen LogP contribution < -0.4 is 14.8 Å². The summed E-state index contributed by atoms with van der Waals surface area (Å²) in [5, 5.41) is 7.13. The van der Waals surface area contributed by atoms with Crippen LogP contribution in [-0.2, 0) is 6.54 Å². The first-order valence-electron chi connectivity index (χ1n) is 8.15. The van der Waals surface area contributed by atoms with Crippen LogP contribution >= 0.6 is 15.9 Å². The second-order valence-corrected chi connectivity index (χ2v) is 6.83. The van der Waals surface area contributed by atoms with E-state index in [0.717, 1.165) is 16.0 Å². The molecule has 6 nitrogen and oxygen atoms in total. The van der Waals surface area contributed by atoms with Crippen molar-refractivity contribution < 1.29 is 14.3 Å². The van der Waals surface area contributed by atoms with Crippen LogP contribution in [0.2, 0.25) is 0 Å². The number of anilines is 1. The Bertz CT molecular complexity index is 941. The average molecular weight is 414 g/mol. The molecule has 1 aliphatic heterocycles. The van der Waals surface area contributed by atoms with Crippen LogP contribution in [0.15, 0.2) is 65.4 Å². The van der Waals surface area contributed by atoms with Gasteiger partial charge in [0.2, 0.25) is 0 Å². The highest BCUT2D eigenvalue weighted by Gasteiger charge is 2.21. The van der Waals surface area contributed by atoms with E-state index < -0.39 is 0 Å². The lowest BCUT2D eigenvalue weighted by atomic mass is 10.2. The summed E-state index contributed by atoms with van der Waals surface area (Å²) in [6, 6.07) is 14.8. The molecule has 1 amide bonds. The van der Waals surface area contributed by atoms with E-state index in [0.29, 0.717) is 24.4 Å². The molecule has 0 bridgehead atoms. The molecule has 7 heteroatoms. The Morgan fingerprint density at radius 1 is 1.23 bits per heavy atom. The Morgan fingerprint density at radius 2 is 2.08 bits per heavy atom. The minimum atomic E-state index is -0.183. The average Bonchev–Trinajstić information content (AvgIpc) is 3.08. The summed E-state index contributed by atoms with van der Waals surface area (Å²) in [5.74, 6) is 1.31. The number of rotatable bonds is 4. The van der Waals surface area contributed by atoms with Crippen molar-refractivity contribution in [3.8, 4) is 11.5 Å². The molecule has 2 aromatic carbocycles. The van der Waals surface area contributed by atoms with Gasteiger partial charge in [-0.3, -0.25) is 9.48 Å². The smallest absolute Gasteiger partial charge is 0.255 e. The monoisotopic (exact) mass is 413 g/mol. The number of benzene rings is 2. The largest absolute Gasteiger partial charge is 0.486 e. The van der Waals surface area contributed by atoms with Crippen LogP contribution in [-0.4, -0.2) is 28.4 Å². The van der Waals surface area contributed by atoms with Gasteiger partial charge in [-0.15, -0.1) is 0 Å². The number of aromatic nitrogens is 2. The molecular formula is C19H16BrN3O3. The van der Waals surface area contributed by atoms with Gasteiger partial charge in [-0.1, -0.05) is 34.1 Å². The minimum absolute atomic E-state index is 0.140. The van der Waals surface area contributed by atoms with Gasteiger partial charge in [0, 0.05) is 16.2 Å². The van der Waals surface area contributed by atoms with Gasteiger partial charge in [0.1, 0.15) is 6.61 Å². The molecule has 0 saturated heterocycles. The van der Waals surface area contributed by atoms with Gasteiger partial charge < -0.3 is 14.8 Å². The second-order valence-electron chi connectivity index (χ2n) is 5.91. The van der Waals surface area contributed by atoms with Crippen molar-refractivity contribution in [1.29, 1.82) is 0 Å². The third-order valence-electron chi connectivity index (χ3n) is 3.94. The Kier molecular flexibility index (Phi) is 4.62. The summed E-state index contributed by atoms with van der Waals surface area (Å²) in [4.78, 5) is 12.3. The lowest BCUT2D eigenvalue weighted by Gasteiger charge is -2.26. The minimum Gasteiger partial charge on any atom is -0.486 e. The zero-order valence-electron chi connectivity index (χ0n) is 13.8. The van der Waals surface area contributed by atoms with Crippen molar-refractivity contribution in [2.75, 3.05) is 11.9 Å². The Labute approximate surface area is 158 Å². The zero-order valence-corrected chi connectivity index (χ0v) is 15.3. The molecule has 1 N–H and O–H groups in total. The van der Waals surface area contributed by atoms with Gasteiger partial charge in [0.25, 0.3) is 5.91 Å². The maximum Gasteiger partial charge on any atom is 0.255 e. The lowest BCUT2D eigenvalue weighted by Crippen LogP contribution is -2.33. The maximum atomic E-state index is 12.3. The maximum absolute atomic E-state index is 12.3. The van der Waals surface area contributed by atoms with E-state index in [1.165, 1.54) is 0 Å². The summed E-state index contributed by atoms with van der Waals surface area (Å²) in [6.45, 7) is 0.984. The number of nitrogens with zero attached hydrogens (tertiary/aromatic N) is 2. The van der Waals surface area contributed by atoms with Gasteiger partial charge >= 0.3 is 0 Å². The van der Waals surface area contributed by atoms with Crippen LogP contribution in [0.3, 0.4) is 0 Å². The Morgan fingerprint density at radius 3 is 2.92 bits per heavy atom. The zero-order chi connectivity index (χ0) is 17.9. The fraction of sp³-hybridized carbons (Fsp3) is 0.158. The molecule has 0 radical (unpaired) electrons. The second kappa shape index (κ2) is 7.21. The highest BCUT2D eigenvalue weighted by Crippen LogP contribution is 2.31. The summed E-state index contributed by atoms with van der Waals surface area (Å²) >= 11 is 3.36. The first kappa shape index (κ1) is 16.7. The Hall–Kier alpha value is -2.80. The molecule has 132 valence electrons. The topological polar surface area (TPSA) is 65.4 Å². The molecule has 2 heterocycles. The predicted molar refractivity (Wildman–Crippen MR) is 101 cm³/mol. The van der Waals surface area contributed by atoms with Crippen molar-refractivity contribution in [1.82, 2.24) is 9.78 Å². The molecule has 26 heavy (non-hydrogen) atoms. The van der Waals surface area contributed by atoms with Crippen molar-refractivity contribution in [2.24, 2.45) is 0 Å². The number of hydrogen-bond donors (Lipinski definition) is 1. The molecule has 1 aromatic heterocycles. The molecule has 0 spiro atoms. The van der Waals surface area contributed by atoms with Gasteiger partial charge in [-0.2, -0.15) is 5.10 Å². The SMILES string of the molecule is O=C(Nc1cnn(CC2COc3ccccc3O2)c1)c1cccc(Br)c1. The number of carbonyl (C=O) groups excluding carboxylic acids is 1. The van der Waals surface area contributed by atoms with Crippen LogP contribution in [0.5, 0.6) is 11.5 Å². The van der Waals surface area contributed by atoms with E-state index in [4.69, 9.17) is 9.47 Å². The standard InChI is InChI=1S/C19H16BrN3O3/c20-14-5-3-4-13(8-14)19(24)22-15-9-21-23(10-15)11-16-12-25-17-6-1-2-7-18(17)26-16/h1-10,16H,11-12H2,(H,22,24). The van der Waals surface area contributed by atoms with Crippen molar-refractivity contribution in [3.05, 3.63) is 71.0 Å². The van der Waals surface area contributed by atoms with E-state index >= 15 is 0 Å². The van der Waals surface area contributed by atoms with Crippen molar-refractivity contribution in [3.63, 3.8) is 0 Å². The number of fused-ring (bicyclic) bond motifs is 1. The number of halogens is 1. The van der Waals surface area contributed by atoms with Gasteiger partial charge in [-0.05, 0) is 30.3 Å². The molecule has 3 aromatic rings. The fourth-order valence-electron chi connectivity index (χ4n) is 2.72. The molecule has 0 fully saturated rings. The number of hydrogen-bond acceptors (Lipinski definition) is 4. The molecule has 1 aliphatic rings. The number of ether oxygens (including phenoxy) is 2. The van der Waals surface area contributed by atoms with E-state index in [1.807, 2.05) is 36.4 Å². The summed E-state index contributed by atoms with van der Waals surface area (Å²) < 4.78 is 14.2. The number of para-hydroxylation sites is 2. The van der Waals surface area contributed by atoms with E-state index in [1.54, 1.807) is 29.2 Å². The van der Waals surface area contributed by atoms with Crippen LogP contribution in [0, 0.1) is 0 Å². The van der Waals surface area contributed by atoms with E-state index in [9.17, 15) is 4.79 Å². The summed E-state index contributed by atoms with van der Waals surface area (Å²) in [7, 11) is 0. The van der Waals surface area contributed by atoms with E-state index in [-0.39, 0.29) is 12.0 Å². The Balaban J connectivity index is 1.39. The third-order valence-corrected chi connectivity index (χ3v) is 4.43. The first-order valence-corrected chi connectivity index (χ1v) is 8.94. The van der Waals surface area contributed by atoms with Crippen LogP contribution in [0.4, 0.5) is 5.69 Å². The highest BCUT2D eigenvalue weighted by atomic mass is 79.9. The first-order chi connectivity index (χ1) is 12.7. The van der Waals surface area contributed by atoms with Crippen LogP contribution in [0.25, 0.3) is 0 Å². The van der Waals surface area contributed by atoms with Crippen molar-refractivity contribution in [2.45, 2.75) is 12.6 Å². The van der Waals surface area contributed by atoms with Crippen molar-refractivity contribution >= 4 is 27.5 Å². The molecule has 4 rings (SSSR count). The molecule has 1 unspecified atom stereocenters. The van der Waals surface area contributed by atoms with Gasteiger partial charge in [0.05, 0.1) is 18.4 Å². The third kappa shape index (κ3) is 3.72. The molecular weight excluding hydrogens is 398 g/mol. The predicted octanol–water partition coefficient (Wildman–Crippen LogP) is 3.74. The highest BCUT2D eigenvalue weighted by molar-refractivity contribution is 9.10. The fourth-order valence-corrected chi connectivity index (χ4v) is 3.12. The molecule has 0 saturated carbocycles. The van der Waals surface area contributed by atoms with Crippen LogP contribution in [0.1, 0.15) is 10.4 Å². The normalized spacial score (nSPS) is 15.5. The summed E-state index contributed by atoms with van der Waals surface area (Å²) in [6.07, 6.45) is 3.26. The number of carbonyl (C=O) groups is 1. The number of amides is 1. The summed E-state index contributed by atoms with van der Waals surface area (Å²) in [5.41, 5.74) is 1.21. The molecule has 0 aliphatic carbocycles. The van der Waals surface area contributed by atoms with E-state index in [2.05, 4.69) is 26.3 Å².